The van der Waals surface area contributed by atoms with Crippen LogP contribution in [0.1, 0.15) is 12.5 Å². The summed E-state index contributed by atoms with van der Waals surface area (Å²) in [7, 11) is 3.36. The number of hydrogen-bond donors (Lipinski definition) is 0. The fraction of sp³-hybridized carbons (Fsp3) is 0.455. The summed E-state index contributed by atoms with van der Waals surface area (Å²) in [4.78, 5) is 6.49. The Labute approximate surface area is 167 Å². The van der Waals surface area contributed by atoms with Gasteiger partial charge in [0, 0.05) is 37.6 Å². The van der Waals surface area contributed by atoms with E-state index in [9.17, 15) is 0 Å². The van der Waals surface area contributed by atoms with Crippen LogP contribution in [-0.2, 0) is 6.42 Å². The van der Waals surface area contributed by atoms with Crippen molar-refractivity contribution >= 4 is 17.4 Å². The zero-order valence-electron chi connectivity index (χ0n) is 16.6. The maximum absolute atomic E-state index is 5.42. The van der Waals surface area contributed by atoms with Crippen LogP contribution in [0.4, 0.5) is 5.69 Å². The van der Waals surface area contributed by atoms with Gasteiger partial charge in [-0.3, -0.25) is 4.90 Å². The normalized spacial score (nSPS) is 15.0. The molecule has 146 valence electrons. The Kier molecular flexibility index (Phi) is 7.30. The van der Waals surface area contributed by atoms with Crippen LogP contribution in [0.25, 0.3) is 0 Å². The first-order chi connectivity index (χ1) is 13.2. The van der Waals surface area contributed by atoms with Crippen molar-refractivity contribution in [2.45, 2.75) is 18.2 Å². The molecule has 1 saturated heterocycles. The number of hydrogen-bond acceptors (Lipinski definition) is 5. The van der Waals surface area contributed by atoms with Gasteiger partial charge >= 0.3 is 0 Å². The highest BCUT2D eigenvalue weighted by Gasteiger charge is 2.19. The fourth-order valence-electron chi connectivity index (χ4n) is 3.53. The molecule has 0 N–H and O–H groups in total. The number of thioether (sulfide) groups is 1. The minimum Gasteiger partial charge on any atom is -0.493 e. The summed E-state index contributed by atoms with van der Waals surface area (Å²) < 4.78 is 10.7. The van der Waals surface area contributed by atoms with Crippen LogP contribution < -0.4 is 14.4 Å². The summed E-state index contributed by atoms with van der Waals surface area (Å²) in [5.74, 6) is 2.71. The van der Waals surface area contributed by atoms with Gasteiger partial charge in [-0.25, -0.2) is 0 Å². The van der Waals surface area contributed by atoms with Gasteiger partial charge < -0.3 is 14.4 Å². The van der Waals surface area contributed by atoms with Crippen molar-refractivity contribution in [2.24, 2.45) is 0 Å². The van der Waals surface area contributed by atoms with Gasteiger partial charge in [0.15, 0.2) is 11.5 Å². The van der Waals surface area contributed by atoms with E-state index in [2.05, 4.69) is 53.1 Å². The molecule has 0 aliphatic carbocycles. The van der Waals surface area contributed by atoms with Crippen molar-refractivity contribution < 1.29 is 9.47 Å². The molecule has 1 fully saturated rings. The van der Waals surface area contributed by atoms with Crippen LogP contribution in [0, 0.1) is 0 Å². The molecule has 1 aliphatic rings. The Morgan fingerprint density at radius 1 is 0.926 bits per heavy atom. The van der Waals surface area contributed by atoms with Crippen molar-refractivity contribution in [3.8, 4) is 11.5 Å². The van der Waals surface area contributed by atoms with Crippen LogP contribution in [0.5, 0.6) is 11.5 Å². The zero-order chi connectivity index (χ0) is 19.1. The Bertz CT molecular complexity index is 730. The lowest BCUT2D eigenvalue weighted by Crippen LogP contribution is -2.47. The third-order valence-corrected chi connectivity index (χ3v) is 5.99. The first-order valence-corrected chi connectivity index (χ1v) is 10.6. The van der Waals surface area contributed by atoms with E-state index in [1.807, 2.05) is 17.8 Å². The molecule has 0 atom stereocenters. The third kappa shape index (κ3) is 5.11. The maximum Gasteiger partial charge on any atom is 0.160 e. The lowest BCUT2D eigenvalue weighted by molar-refractivity contribution is 0.260. The third-order valence-electron chi connectivity index (χ3n) is 5.04. The highest BCUT2D eigenvalue weighted by molar-refractivity contribution is 7.99. The van der Waals surface area contributed by atoms with Gasteiger partial charge in [-0.2, -0.15) is 0 Å². The molecule has 0 unspecified atom stereocenters. The highest BCUT2D eigenvalue weighted by atomic mass is 32.2. The van der Waals surface area contributed by atoms with Gasteiger partial charge in [-0.15, -0.1) is 11.8 Å². The van der Waals surface area contributed by atoms with E-state index in [-0.39, 0.29) is 0 Å². The number of nitrogens with zero attached hydrogens (tertiary/aromatic N) is 2. The molecule has 27 heavy (non-hydrogen) atoms. The van der Waals surface area contributed by atoms with E-state index >= 15 is 0 Å². The van der Waals surface area contributed by atoms with Crippen molar-refractivity contribution in [3.63, 3.8) is 0 Å². The van der Waals surface area contributed by atoms with E-state index in [1.54, 1.807) is 14.2 Å². The standard InChI is InChI=1S/C22H30N2O2S/c1-4-27-22-8-6-5-7-19(22)24-15-13-23(14-16-24)12-11-18-9-10-20(25-2)21(17-18)26-3/h5-10,17H,4,11-16H2,1-3H3. The molecule has 0 spiro atoms. The molecule has 5 heteroatoms. The summed E-state index contributed by atoms with van der Waals surface area (Å²) in [6, 6.07) is 15.0. The Balaban J connectivity index is 1.53. The smallest absolute Gasteiger partial charge is 0.160 e. The Hall–Kier alpha value is -1.85. The van der Waals surface area contributed by atoms with Crippen molar-refractivity contribution in [1.82, 2.24) is 4.90 Å². The lowest BCUT2D eigenvalue weighted by atomic mass is 10.1. The van der Waals surface area contributed by atoms with Crippen molar-refractivity contribution in [3.05, 3.63) is 48.0 Å². The fourth-order valence-corrected chi connectivity index (χ4v) is 4.36. The summed E-state index contributed by atoms with van der Waals surface area (Å²) >= 11 is 1.93. The lowest BCUT2D eigenvalue weighted by Gasteiger charge is -2.37. The van der Waals surface area contributed by atoms with Crippen LogP contribution in [0.3, 0.4) is 0 Å². The molecule has 2 aromatic rings. The van der Waals surface area contributed by atoms with Crippen molar-refractivity contribution in [2.75, 3.05) is 57.6 Å². The minimum atomic E-state index is 0.790. The predicted molar refractivity (Wildman–Crippen MR) is 115 cm³/mol. The number of para-hydroxylation sites is 1. The number of ether oxygens (including phenoxy) is 2. The molecular formula is C22H30N2O2S. The molecule has 1 heterocycles. The zero-order valence-corrected chi connectivity index (χ0v) is 17.4. The second kappa shape index (κ2) is 9.90. The first-order valence-electron chi connectivity index (χ1n) is 9.65. The van der Waals surface area contributed by atoms with E-state index in [0.29, 0.717) is 0 Å². The number of benzene rings is 2. The molecular weight excluding hydrogens is 356 g/mol. The van der Waals surface area contributed by atoms with Gasteiger partial charge in [0.05, 0.1) is 19.9 Å². The molecule has 4 nitrogen and oxygen atoms in total. The topological polar surface area (TPSA) is 24.9 Å². The predicted octanol–water partition coefficient (Wildman–Crippen LogP) is 4.18. The monoisotopic (exact) mass is 386 g/mol. The SMILES string of the molecule is CCSc1ccccc1N1CCN(CCc2ccc(OC)c(OC)c2)CC1. The van der Waals surface area contributed by atoms with E-state index in [0.717, 1.165) is 56.4 Å². The quantitative estimate of drug-likeness (QED) is 0.634. The van der Waals surface area contributed by atoms with Crippen LogP contribution in [-0.4, -0.2) is 57.6 Å². The number of methoxy groups -OCH3 is 2. The van der Waals surface area contributed by atoms with Crippen LogP contribution in [0.15, 0.2) is 47.4 Å². The van der Waals surface area contributed by atoms with Gasteiger partial charge in [-0.1, -0.05) is 25.1 Å². The summed E-state index contributed by atoms with van der Waals surface area (Å²) in [6.45, 7) is 7.69. The number of rotatable bonds is 8. The molecule has 1 aliphatic heterocycles. The molecule has 0 bridgehead atoms. The Morgan fingerprint density at radius 3 is 2.37 bits per heavy atom. The van der Waals surface area contributed by atoms with Crippen molar-refractivity contribution in [1.29, 1.82) is 0 Å². The summed E-state index contributed by atoms with van der Waals surface area (Å²) in [5, 5.41) is 0. The second-order valence-electron chi connectivity index (χ2n) is 6.67. The van der Waals surface area contributed by atoms with Gasteiger partial charge in [0.2, 0.25) is 0 Å². The van der Waals surface area contributed by atoms with E-state index < -0.39 is 0 Å². The summed E-state index contributed by atoms with van der Waals surface area (Å²) in [6.07, 6.45) is 1.03. The highest BCUT2D eigenvalue weighted by Crippen LogP contribution is 2.31. The average molecular weight is 387 g/mol. The van der Waals surface area contributed by atoms with Crippen LogP contribution in [0.2, 0.25) is 0 Å². The molecule has 0 radical (unpaired) electrons. The molecule has 0 amide bonds. The molecule has 0 aromatic heterocycles. The van der Waals surface area contributed by atoms with Gasteiger partial charge in [0.25, 0.3) is 0 Å². The second-order valence-corrected chi connectivity index (χ2v) is 7.97. The van der Waals surface area contributed by atoms with Gasteiger partial charge in [0.1, 0.15) is 0 Å². The largest absolute Gasteiger partial charge is 0.493 e. The molecule has 0 saturated carbocycles. The van der Waals surface area contributed by atoms with Crippen LogP contribution >= 0.6 is 11.8 Å². The molecule has 3 rings (SSSR count). The minimum absolute atomic E-state index is 0.790. The van der Waals surface area contributed by atoms with E-state index in [1.165, 1.54) is 16.1 Å². The number of anilines is 1. The Morgan fingerprint density at radius 2 is 1.67 bits per heavy atom. The van der Waals surface area contributed by atoms with E-state index in [4.69, 9.17) is 9.47 Å². The molecule has 2 aromatic carbocycles. The summed E-state index contributed by atoms with van der Waals surface area (Å²) in [5.41, 5.74) is 2.68. The number of piperazine rings is 1. The van der Waals surface area contributed by atoms with Gasteiger partial charge in [-0.05, 0) is 42.0 Å². The average Bonchev–Trinajstić information content (AvgIpc) is 2.73. The first kappa shape index (κ1) is 19.9. The maximum atomic E-state index is 5.42.